The van der Waals surface area contributed by atoms with Gasteiger partial charge in [-0.3, -0.25) is 14.4 Å². The van der Waals surface area contributed by atoms with Gasteiger partial charge in [0.2, 0.25) is 11.8 Å². The first-order chi connectivity index (χ1) is 18.6. The van der Waals surface area contributed by atoms with Gasteiger partial charge in [-0.1, -0.05) is 70.5 Å². The summed E-state index contributed by atoms with van der Waals surface area (Å²) in [4.78, 5) is 57.8. The number of carboxylic acid groups (broad SMARTS) is 1. The molecule has 9 nitrogen and oxygen atoms in total. The normalized spacial score (nSPS) is 20.1. The van der Waals surface area contributed by atoms with E-state index in [9.17, 15) is 24.3 Å². The van der Waals surface area contributed by atoms with Crippen LogP contribution in [-0.2, 0) is 20.8 Å². The highest BCUT2D eigenvalue weighted by molar-refractivity contribution is 6.04. The second-order valence-corrected chi connectivity index (χ2v) is 10.9. The summed E-state index contributed by atoms with van der Waals surface area (Å²) in [6.07, 6.45) is 0.881. The van der Waals surface area contributed by atoms with Gasteiger partial charge in [0.15, 0.2) is 0 Å². The monoisotopic (exact) mass is 530 g/mol. The van der Waals surface area contributed by atoms with Crippen molar-refractivity contribution in [3.8, 4) is 0 Å². The van der Waals surface area contributed by atoms with Crippen LogP contribution in [0.25, 0.3) is 10.9 Å². The molecule has 0 spiro atoms. The number of benzene rings is 2. The molecule has 39 heavy (non-hydrogen) atoms. The Labute approximate surface area is 227 Å². The van der Waals surface area contributed by atoms with Crippen LogP contribution >= 0.6 is 0 Å². The first kappa shape index (κ1) is 26.5. The number of aromatic nitrogens is 1. The SMILES string of the molecule is CC[C@H](C)[C@H](NC(=O)[C@@H]1Cc2c([nH]c3ccccc23)[C@H]2c3ccccc3C(=O)N21)C(=O)N[C@@H](C(=O)O)C(C)C. The summed E-state index contributed by atoms with van der Waals surface area (Å²) in [5.41, 5.74) is 4.21. The molecule has 3 aromatic rings. The van der Waals surface area contributed by atoms with Gasteiger partial charge in [-0.15, -0.1) is 0 Å². The van der Waals surface area contributed by atoms with Crippen LogP contribution in [-0.4, -0.2) is 56.8 Å². The smallest absolute Gasteiger partial charge is 0.326 e. The molecule has 2 aliphatic rings. The summed E-state index contributed by atoms with van der Waals surface area (Å²) in [7, 11) is 0. The van der Waals surface area contributed by atoms with E-state index in [4.69, 9.17) is 0 Å². The third kappa shape index (κ3) is 4.45. The number of aromatic amines is 1. The Morgan fingerprint density at radius 2 is 1.72 bits per heavy atom. The Balaban J connectivity index is 1.51. The maximum Gasteiger partial charge on any atom is 0.326 e. The Morgan fingerprint density at radius 1 is 1.03 bits per heavy atom. The van der Waals surface area contributed by atoms with Crippen molar-refractivity contribution in [2.45, 2.75) is 64.7 Å². The highest BCUT2D eigenvalue weighted by Crippen LogP contribution is 2.46. The molecule has 2 aromatic carbocycles. The molecular formula is C30H34N4O5. The molecule has 0 unspecified atom stereocenters. The predicted octanol–water partition coefficient (Wildman–Crippen LogP) is 3.39. The number of H-pyrrole nitrogens is 1. The number of carbonyl (C=O) groups excluding carboxylic acids is 3. The van der Waals surface area contributed by atoms with Crippen molar-refractivity contribution in [2.24, 2.45) is 11.8 Å². The Hall–Kier alpha value is -4.14. The molecule has 0 bridgehead atoms. The zero-order valence-electron chi connectivity index (χ0n) is 22.5. The van der Waals surface area contributed by atoms with Gasteiger partial charge in [0, 0.05) is 28.6 Å². The molecule has 5 atom stereocenters. The molecule has 0 aliphatic carbocycles. The average Bonchev–Trinajstić information content (AvgIpc) is 3.44. The lowest BCUT2D eigenvalue weighted by atomic mass is 9.89. The molecule has 0 radical (unpaired) electrons. The third-order valence-electron chi connectivity index (χ3n) is 8.18. The van der Waals surface area contributed by atoms with Crippen LogP contribution in [0, 0.1) is 11.8 Å². The number of carbonyl (C=O) groups is 4. The number of rotatable bonds is 8. The van der Waals surface area contributed by atoms with Crippen LogP contribution in [0.15, 0.2) is 48.5 Å². The molecule has 3 amide bonds. The quantitative estimate of drug-likeness (QED) is 0.355. The number of fused-ring (bicyclic) bond motifs is 7. The average molecular weight is 531 g/mol. The van der Waals surface area contributed by atoms with E-state index in [2.05, 4.69) is 15.6 Å². The minimum absolute atomic E-state index is 0.227. The molecule has 1 aromatic heterocycles. The van der Waals surface area contributed by atoms with Crippen LogP contribution in [0.5, 0.6) is 0 Å². The van der Waals surface area contributed by atoms with E-state index in [0.29, 0.717) is 18.4 Å². The molecule has 5 rings (SSSR count). The number of amides is 3. The largest absolute Gasteiger partial charge is 0.480 e. The number of hydrogen-bond acceptors (Lipinski definition) is 4. The van der Waals surface area contributed by atoms with Crippen LogP contribution in [0.3, 0.4) is 0 Å². The van der Waals surface area contributed by atoms with Crippen molar-refractivity contribution in [1.29, 1.82) is 0 Å². The maximum atomic E-state index is 14.0. The van der Waals surface area contributed by atoms with Gasteiger partial charge >= 0.3 is 5.97 Å². The van der Waals surface area contributed by atoms with Gasteiger partial charge in [-0.25, -0.2) is 4.79 Å². The molecule has 0 saturated heterocycles. The van der Waals surface area contributed by atoms with E-state index in [-0.39, 0.29) is 17.7 Å². The Kier molecular flexibility index (Phi) is 6.92. The molecule has 0 saturated carbocycles. The van der Waals surface area contributed by atoms with E-state index in [1.807, 2.05) is 56.3 Å². The molecule has 0 fully saturated rings. The molecule has 2 aliphatic heterocycles. The molecular weight excluding hydrogens is 496 g/mol. The number of hydrogen-bond donors (Lipinski definition) is 4. The molecule has 4 N–H and O–H groups in total. The molecule has 204 valence electrons. The van der Waals surface area contributed by atoms with E-state index in [1.54, 1.807) is 24.8 Å². The Bertz CT molecular complexity index is 1460. The predicted molar refractivity (Wildman–Crippen MR) is 146 cm³/mol. The van der Waals surface area contributed by atoms with E-state index in [0.717, 1.165) is 27.7 Å². The fraction of sp³-hybridized carbons (Fsp3) is 0.400. The summed E-state index contributed by atoms with van der Waals surface area (Å²) in [6, 6.07) is 11.9. The minimum atomic E-state index is -1.13. The van der Waals surface area contributed by atoms with E-state index >= 15 is 0 Å². The van der Waals surface area contributed by atoms with Gasteiger partial charge in [0.25, 0.3) is 5.91 Å². The van der Waals surface area contributed by atoms with Crippen molar-refractivity contribution in [1.82, 2.24) is 20.5 Å². The second-order valence-electron chi connectivity index (χ2n) is 10.9. The van der Waals surface area contributed by atoms with Crippen molar-refractivity contribution in [3.63, 3.8) is 0 Å². The van der Waals surface area contributed by atoms with Crippen LogP contribution < -0.4 is 10.6 Å². The van der Waals surface area contributed by atoms with Gasteiger partial charge in [0.1, 0.15) is 18.1 Å². The van der Waals surface area contributed by atoms with Gasteiger partial charge in [-0.2, -0.15) is 0 Å². The highest BCUT2D eigenvalue weighted by atomic mass is 16.4. The lowest BCUT2D eigenvalue weighted by Gasteiger charge is -2.38. The lowest BCUT2D eigenvalue weighted by Crippen LogP contribution is -2.59. The fourth-order valence-corrected chi connectivity index (χ4v) is 5.85. The van der Waals surface area contributed by atoms with Gasteiger partial charge < -0.3 is 25.6 Å². The summed E-state index contributed by atoms with van der Waals surface area (Å²) < 4.78 is 0. The summed E-state index contributed by atoms with van der Waals surface area (Å²) in [5, 5.41) is 16.1. The van der Waals surface area contributed by atoms with Crippen molar-refractivity contribution in [2.75, 3.05) is 0 Å². The number of para-hydroxylation sites is 1. The first-order valence-electron chi connectivity index (χ1n) is 13.5. The van der Waals surface area contributed by atoms with Gasteiger partial charge in [0.05, 0.1) is 6.04 Å². The summed E-state index contributed by atoms with van der Waals surface area (Å²) in [5.74, 6) is -2.93. The van der Waals surface area contributed by atoms with Crippen LogP contribution in [0.2, 0.25) is 0 Å². The van der Waals surface area contributed by atoms with Crippen molar-refractivity contribution < 1.29 is 24.3 Å². The maximum absolute atomic E-state index is 14.0. The van der Waals surface area contributed by atoms with Gasteiger partial charge in [-0.05, 0) is 35.1 Å². The third-order valence-corrected chi connectivity index (χ3v) is 8.18. The van der Waals surface area contributed by atoms with Crippen molar-refractivity contribution in [3.05, 3.63) is 70.9 Å². The number of aliphatic carboxylic acids is 1. The first-order valence-corrected chi connectivity index (χ1v) is 13.5. The highest BCUT2D eigenvalue weighted by Gasteiger charge is 2.49. The zero-order valence-corrected chi connectivity index (χ0v) is 22.5. The second kappa shape index (κ2) is 10.2. The number of nitrogens with one attached hydrogen (secondary N) is 3. The fourth-order valence-electron chi connectivity index (χ4n) is 5.85. The minimum Gasteiger partial charge on any atom is -0.480 e. The van der Waals surface area contributed by atoms with Crippen LogP contribution in [0.1, 0.15) is 67.3 Å². The molecule has 3 heterocycles. The van der Waals surface area contributed by atoms with E-state index < -0.39 is 42.0 Å². The van der Waals surface area contributed by atoms with E-state index in [1.165, 1.54) is 0 Å². The number of nitrogens with zero attached hydrogens (tertiary/aromatic N) is 1. The Morgan fingerprint density at radius 3 is 2.41 bits per heavy atom. The lowest BCUT2D eigenvalue weighted by molar-refractivity contribution is -0.144. The summed E-state index contributed by atoms with van der Waals surface area (Å²) in [6.45, 7) is 7.18. The standard InChI is InChI=1S/C30H34N4O5/c1-5-16(4)24(28(36)32-23(15(2)3)30(38)39)33-27(35)22-14-20-17-10-8-9-13-21(17)31-25(20)26-18-11-6-7-12-19(18)29(37)34(22)26/h6-13,15-16,22-24,26,31H,5,14H2,1-4H3,(H,32,36)(H,33,35)(H,38,39)/t16-,22-,23+,24-,26+/m0/s1. The summed E-state index contributed by atoms with van der Waals surface area (Å²) >= 11 is 0. The van der Waals surface area contributed by atoms with Crippen molar-refractivity contribution >= 4 is 34.6 Å². The number of carboxylic acids is 1. The van der Waals surface area contributed by atoms with Crippen LogP contribution in [0.4, 0.5) is 0 Å². The zero-order chi connectivity index (χ0) is 28.0. The topological polar surface area (TPSA) is 132 Å². The molecule has 9 heteroatoms.